The minimum Gasteiger partial charge on any atom is -0.340 e. The monoisotopic (exact) mass is 288 g/mol. The van der Waals surface area contributed by atoms with Gasteiger partial charge in [-0.1, -0.05) is 44.2 Å². The predicted octanol–water partition coefficient (Wildman–Crippen LogP) is 3.15. The Bertz CT molecular complexity index is 458. The normalized spacial score (nSPS) is 24.1. The summed E-state index contributed by atoms with van der Waals surface area (Å²) < 4.78 is 0. The van der Waals surface area contributed by atoms with E-state index in [4.69, 9.17) is 5.73 Å². The Kier molecular flexibility index (Phi) is 5.40. The molecule has 3 atom stereocenters. The van der Waals surface area contributed by atoms with Gasteiger partial charge in [0.05, 0.1) is 0 Å². The molecule has 0 unspecified atom stereocenters. The summed E-state index contributed by atoms with van der Waals surface area (Å²) >= 11 is 0. The maximum atomic E-state index is 12.7. The van der Waals surface area contributed by atoms with Crippen molar-refractivity contribution in [1.82, 2.24) is 4.90 Å². The van der Waals surface area contributed by atoms with Crippen molar-refractivity contribution < 1.29 is 4.79 Å². The van der Waals surface area contributed by atoms with Gasteiger partial charge in [0.1, 0.15) is 0 Å². The average molecular weight is 288 g/mol. The third kappa shape index (κ3) is 4.07. The third-order valence-electron chi connectivity index (χ3n) is 4.66. The van der Waals surface area contributed by atoms with E-state index in [1.807, 2.05) is 11.0 Å². The molecule has 1 amide bonds. The molecule has 1 aromatic rings. The third-order valence-corrected chi connectivity index (χ3v) is 4.66. The van der Waals surface area contributed by atoms with Crippen LogP contribution in [0.25, 0.3) is 0 Å². The first-order chi connectivity index (χ1) is 9.99. The molecule has 21 heavy (non-hydrogen) atoms. The maximum Gasteiger partial charge on any atom is 0.223 e. The number of nitrogens with zero attached hydrogens (tertiary/aromatic N) is 1. The van der Waals surface area contributed by atoms with Crippen LogP contribution >= 0.6 is 0 Å². The summed E-state index contributed by atoms with van der Waals surface area (Å²) in [5.41, 5.74) is 7.26. The van der Waals surface area contributed by atoms with Gasteiger partial charge >= 0.3 is 0 Å². The van der Waals surface area contributed by atoms with E-state index in [1.54, 1.807) is 0 Å². The van der Waals surface area contributed by atoms with E-state index in [0.717, 1.165) is 19.4 Å². The van der Waals surface area contributed by atoms with Gasteiger partial charge in [-0.15, -0.1) is 0 Å². The number of amides is 1. The summed E-state index contributed by atoms with van der Waals surface area (Å²) in [5, 5.41) is 0. The SMILES string of the molecule is CC(C)[C@H](CC(=O)N1CC[C@@H](N)C[C@@H]1C)c1ccccc1. The lowest BCUT2D eigenvalue weighted by Gasteiger charge is -2.37. The molecule has 2 rings (SSSR count). The highest BCUT2D eigenvalue weighted by Crippen LogP contribution is 2.29. The number of nitrogens with two attached hydrogens (primary N) is 1. The molecule has 0 aliphatic carbocycles. The number of rotatable bonds is 4. The number of piperidine rings is 1. The van der Waals surface area contributed by atoms with Crippen LogP contribution < -0.4 is 5.73 Å². The van der Waals surface area contributed by atoms with Crippen molar-refractivity contribution in [2.75, 3.05) is 6.54 Å². The number of hydrogen-bond acceptors (Lipinski definition) is 2. The highest BCUT2D eigenvalue weighted by Gasteiger charge is 2.29. The van der Waals surface area contributed by atoms with Crippen LogP contribution in [0.4, 0.5) is 0 Å². The van der Waals surface area contributed by atoms with Crippen LogP contribution in [0, 0.1) is 5.92 Å². The van der Waals surface area contributed by atoms with Crippen LogP contribution in [0.2, 0.25) is 0 Å². The molecular weight excluding hydrogens is 260 g/mol. The summed E-state index contributed by atoms with van der Waals surface area (Å²) in [6, 6.07) is 10.9. The molecule has 1 aliphatic heterocycles. The van der Waals surface area contributed by atoms with Crippen molar-refractivity contribution in [3.8, 4) is 0 Å². The number of benzene rings is 1. The highest BCUT2D eigenvalue weighted by molar-refractivity contribution is 5.77. The van der Waals surface area contributed by atoms with Crippen LogP contribution in [0.5, 0.6) is 0 Å². The Morgan fingerprint density at radius 2 is 2.00 bits per heavy atom. The zero-order valence-electron chi connectivity index (χ0n) is 13.5. The number of hydrogen-bond donors (Lipinski definition) is 1. The maximum absolute atomic E-state index is 12.7. The second kappa shape index (κ2) is 7.08. The van der Waals surface area contributed by atoms with Gasteiger partial charge in [0.15, 0.2) is 0 Å². The van der Waals surface area contributed by atoms with Crippen LogP contribution in [-0.2, 0) is 4.79 Å². The summed E-state index contributed by atoms with van der Waals surface area (Å²) in [5.74, 6) is 1.03. The number of likely N-dealkylation sites (tertiary alicyclic amines) is 1. The second-order valence-electron chi connectivity index (χ2n) is 6.69. The Hall–Kier alpha value is -1.35. The lowest BCUT2D eigenvalue weighted by Crippen LogP contribution is -2.48. The fourth-order valence-electron chi connectivity index (χ4n) is 3.32. The fraction of sp³-hybridized carbons (Fsp3) is 0.611. The van der Waals surface area contributed by atoms with Gasteiger partial charge < -0.3 is 10.6 Å². The van der Waals surface area contributed by atoms with Gasteiger partial charge in [0, 0.05) is 25.0 Å². The fourth-order valence-corrected chi connectivity index (χ4v) is 3.32. The van der Waals surface area contributed by atoms with Crippen molar-refractivity contribution in [2.24, 2.45) is 11.7 Å². The Balaban J connectivity index is 2.05. The summed E-state index contributed by atoms with van der Waals surface area (Å²) in [6.45, 7) is 7.31. The Morgan fingerprint density at radius 1 is 1.33 bits per heavy atom. The van der Waals surface area contributed by atoms with Gasteiger partial charge in [-0.05, 0) is 37.2 Å². The van der Waals surface area contributed by atoms with Crippen molar-refractivity contribution >= 4 is 5.91 Å². The van der Waals surface area contributed by atoms with E-state index in [2.05, 4.69) is 45.0 Å². The highest BCUT2D eigenvalue weighted by atomic mass is 16.2. The molecule has 0 radical (unpaired) electrons. The first-order valence-electron chi connectivity index (χ1n) is 8.09. The van der Waals surface area contributed by atoms with Crippen LogP contribution in [-0.4, -0.2) is 29.4 Å². The van der Waals surface area contributed by atoms with Gasteiger partial charge in [-0.2, -0.15) is 0 Å². The predicted molar refractivity (Wildman–Crippen MR) is 87.0 cm³/mol. The molecule has 2 N–H and O–H groups in total. The molecule has 0 aromatic heterocycles. The molecule has 1 saturated heterocycles. The summed E-state index contributed by atoms with van der Waals surface area (Å²) in [7, 11) is 0. The van der Waals surface area contributed by atoms with E-state index in [-0.39, 0.29) is 18.0 Å². The quantitative estimate of drug-likeness (QED) is 0.925. The van der Waals surface area contributed by atoms with Crippen molar-refractivity contribution in [2.45, 2.75) is 58.0 Å². The average Bonchev–Trinajstić information content (AvgIpc) is 2.45. The number of carbonyl (C=O) groups is 1. The molecule has 116 valence electrons. The standard InChI is InChI=1S/C18H28N2O/c1-13(2)17(15-7-5-4-6-8-15)12-18(21)20-10-9-16(19)11-14(20)3/h4-8,13-14,16-17H,9-12,19H2,1-3H3/t14-,16+,17-/m0/s1. The minimum atomic E-state index is 0.249. The summed E-state index contributed by atoms with van der Waals surface area (Å²) in [4.78, 5) is 14.7. The van der Waals surface area contributed by atoms with Crippen LogP contribution in [0.15, 0.2) is 30.3 Å². The topological polar surface area (TPSA) is 46.3 Å². The zero-order valence-corrected chi connectivity index (χ0v) is 13.5. The molecular formula is C18H28N2O. The second-order valence-corrected chi connectivity index (χ2v) is 6.69. The van der Waals surface area contributed by atoms with Crippen molar-refractivity contribution in [3.05, 3.63) is 35.9 Å². The zero-order chi connectivity index (χ0) is 15.4. The first-order valence-corrected chi connectivity index (χ1v) is 8.09. The van der Waals surface area contributed by atoms with Crippen molar-refractivity contribution in [1.29, 1.82) is 0 Å². The van der Waals surface area contributed by atoms with E-state index < -0.39 is 0 Å². The number of carbonyl (C=O) groups excluding carboxylic acids is 1. The molecule has 1 aromatic carbocycles. The van der Waals surface area contributed by atoms with E-state index >= 15 is 0 Å². The van der Waals surface area contributed by atoms with E-state index in [1.165, 1.54) is 5.56 Å². The Morgan fingerprint density at radius 3 is 2.57 bits per heavy atom. The van der Waals surface area contributed by atoms with Gasteiger partial charge in [0.25, 0.3) is 0 Å². The summed E-state index contributed by atoms with van der Waals surface area (Å²) in [6.07, 6.45) is 2.44. The van der Waals surface area contributed by atoms with E-state index in [0.29, 0.717) is 18.3 Å². The molecule has 1 aliphatic rings. The lowest BCUT2D eigenvalue weighted by atomic mass is 9.85. The first kappa shape index (κ1) is 16.0. The molecule has 0 spiro atoms. The lowest BCUT2D eigenvalue weighted by molar-refractivity contribution is -0.135. The van der Waals surface area contributed by atoms with Crippen molar-refractivity contribution in [3.63, 3.8) is 0 Å². The largest absolute Gasteiger partial charge is 0.340 e. The van der Waals surface area contributed by atoms with Gasteiger partial charge in [-0.3, -0.25) is 4.79 Å². The molecule has 1 heterocycles. The van der Waals surface area contributed by atoms with Crippen LogP contribution in [0.3, 0.4) is 0 Å². The molecule has 1 fully saturated rings. The Labute approximate surface area is 128 Å². The van der Waals surface area contributed by atoms with Gasteiger partial charge in [0.2, 0.25) is 5.91 Å². The molecule has 0 bridgehead atoms. The van der Waals surface area contributed by atoms with E-state index in [9.17, 15) is 4.79 Å². The molecule has 3 nitrogen and oxygen atoms in total. The smallest absolute Gasteiger partial charge is 0.223 e. The van der Waals surface area contributed by atoms with Crippen LogP contribution in [0.1, 0.15) is 51.5 Å². The molecule has 0 saturated carbocycles. The molecule has 3 heteroatoms. The van der Waals surface area contributed by atoms with Gasteiger partial charge in [-0.25, -0.2) is 0 Å². The minimum absolute atomic E-state index is 0.249.